The summed E-state index contributed by atoms with van der Waals surface area (Å²) in [6.45, 7) is 4.02. The highest BCUT2D eigenvalue weighted by Gasteiger charge is 2.13. The standard InChI is InChI=1S/C23H19FN4O/c1-14-9-16(15(2)28(14)19-5-4-6-20(12-19)29-3)10-17(13-25)23-26-21-8-7-18(24)11-22(21)27-23/h4-12H,1-3H3,(H,26,27)/b17-10+. The number of methoxy groups -OCH3 is 1. The molecule has 2 aromatic carbocycles. The van der Waals surface area contributed by atoms with E-state index in [2.05, 4.69) is 20.6 Å². The molecule has 0 saturated heterocycles. The summed E-state index contributed by atoms with van der Waals surface area (Å²) in [5, 5.41) is 9.70. The second-order valence-corrected chi connectivity index (χ2v) is 6.78. The summed E-state index contributed by atoms with van der Waals surface area (Å²) in [6, 6.07) is 16.4. The fourth-order valence-corrected chi connectivity index (χ4v) is 3.50. The summed E-state index contributed by atoms with van der Waals surface area (Å²) < 4.78 is 20.9. The summed E-state index contributed by atoms with van der Waals surface area (Å²) in [5.74, 6) is 0.843. The van der Waals surface area contributed by atoms with Gasteiger partial charge in [0.2, 0.25) is 0 Å². The second-order valence-electron chi connectivity index (χ2n) is 6.78. The fraction of sp³-hybridized carbons (Fsp3) is 0.130. The Morgan fingerprint density at radius 3 is 2.79 bits per heavy atom. The van der Waals surface area contributed by atoms with Gasteiger partial charge in [0.15, 0.2) is 0 Å². The first-order valence-electron chi connectivity index (χ1n) is 9.11. The first-order chi connectivity index (χ1) is 14.0. The molecule has 0 unspecified atom stereocenters. The maximum atomic E-state index is 13.5. The largest absolute Gasteiger partial charge is 0.497 e. The van der Waals surface area contributed by atoms with Crippen molar-refractivity contribution in [3.05, 3.63) is 77.1 Å². The van der Waals surface area contributed by atoms with Gasteiger partial charge in [0.1, 0.15) is 23.5 Å². The molecule has 4 rings (SSSR count). The number of aromatic amines is 1. The van der Waals surface area contributed by atoms with Crippen LogP contribution in [0.15, 0.2) is 48.5 Å². The van der Waals surface area contributed by atoms with Gasteiger partial charge in [-0.3, -0.25) is 0 Å². The summed E-state index contributed by atoms with van der Waals surface area (Å²) in [4.78, 5) is 7.45. The summed E-state index contributed by atoms with van der Waals surface area (Å²) in [7, 11) is 1.64. The van der Waals surface area contributed by atoms with Gasteiger partial charge in [-0.05, 0) is 61.9 Å². The zero-order valence-electron chi connectivity index (χ0n) is 16.3. The molecule has 0 bridgehead atoms. The van der Waals surface area contributed by atoms with E-state index < -0.39 is 0 Å². The van der Waals surface area contributed by atoms with Crippen LogP contribution in [0.1, 0.15) is 22.8 Å². The quantitative estimate of drug-likeness (QED) is 0.491. The summed E-state index contributed by atoms with van der Waals surface area (Å²) in [5.41, 5.74) is 5.47. The third-order valence-corrected chi connectivity index (χ3v) is 4.90. The molecule has 0 radical (unpaired) electrons. The molecule has 5 nitrogen and oxygen atoms in total. The van der Waals surface area contributed by atoms with Crippen molar-refractivity contribution < 1.29 is 9.13 Å². The van der Waals surface area contributed by atoms with E-state index >= 15 is 0 Å². The summed E-state index contributed by atoms with van der Waals surface area (Å²) >= 11 is 0. The van der Waals surface area contributed by atoms with Crippen LogP contribution in [0.3, 0.4) is 0 Å². The SMILES string of the molecule is COc1cccc(-n2c(C)cc(/C=C(\C#N)c3nc4ccc(F)cc4[nH]3)c2C)c1. The van der Waals surface area contributed by atoms with Crippen molar-refractivity contribution in [3.63, 3.8) is 0 Å². The lowest BCUT2D eigenvalue weighted by molar-refractivity contribution is 0.414. The Bertz CT molecular complexity index is 1290. The highest BCUT2D eigenvalue weighted by atomic mass is 19.1. The van der Waals surface area contributed by atoms with Crippen molar-refractivity contribution in [3.8, 4) is 17.5 Å². The van der Waals surface area contributed by atoms with Crippen LogP contribution in [0.2, 0.25) is 0 Å². The Morgan fingerprint density at radius 1 is 1.21 bits per heavy atom. The van der Waals surface area contributed by atoms with Crippen molar-refractivity contribution in [2.24, 2.45) is 0 Å². The number of hydrogen-bond acceptors (Lipinski definition) is 3. The highest BCUT2D eigenvalue weighted by molar-refractivity contribution is 5.90. The number of nitriles is 1. The van der Waals surface area contributed by atoms with Crippen molar-refractivity contribution in [1.82, 2.24) is 14.5 Å². The zero-order chi connectivity index (χ0) is 20.5. The normalized spacial score (nSPS) is 11.6. The van der Waals surface area contributed by atoms with Gasteiger partial charge >= 0.3 is 0 Å². The molecule has 0 aliphatic rings. The van der Waals surface area contributed by atoms with Crippen LogP contribution in [-0.2, 0) is 0 Å². The Labute approximate surface area is 167 Å². The maximum Gasteiger partial charge on any atom is 0.149 e. The number of allylic oxidation sites excluding steroid dienone is 1. The zero-order valence-corrected chi connectivity index (χ0v) is 16.3. The van der Waals surface area contributed by atoms with Crippen LogP contribution in [0.25, 0.3) is 28.4 Å². The van der Waals surface area contributed by atoms with Crippen LogP contribution < -0.4 is 4.74 Å². The number of H-pyrrole nitrogens is 1. The molecule has 29 heavy (non-hydrogen) atoms. The number of aryl methyl sites for hydroxylation is 1. The predicted octanol–water partition coefficient (Wildman–Crippen LogP) is 5.18. The minimum Gasteiger partial charge on any atom is -0.497 e. The molecule has 0 atom stereocenters. The molecule has 2 aromatic heterocycles. The molecule has 6 heteroatoms. The van der Waals surface area contributed by atoms with Crippen molar-refractivity contribution >= 4 is 22.7 Å². The lowest BCUT2D eigenvalue weighted by Gasteiger charge is -2.11. The minimum atomic E-state index is -0.350. The number of aromatic nitrogens is 3. The highest BCUT2D eigenvalue weighted by Crippen LogP contribution is 2.27. The first kappa shape index (κ1) is 18.5. The molecule has 0 aliphatic heterocycles. The molecule has 0 aliphatic carbocycles. The molecule has 4 aromatic rings. The topological polar surface area (TPSA) is 66.6 Å². The average Bonchev–Trinajstić information content (AvgIpc) is 3.25. The van der Waals surface area contributed by atoms with Crippen LogP contribution >= 0.6 is 0 Å². The molecule has 144 valence electrons. The second kappa shape index (κ2) is 7.28. The van der Waals surface area contributed by atoms with E-state index in [4.69, 9.17) is 4.74 Å². The Hall–Kier alpha value is -3.85. The van der Waals surface area contributed by atoms with E-state index in [-0.39, 0.29) is 5.82 Å². The van der Waals surface area contributed by atoms with Gasteiger partial charge in [0, 0.05) is 23.1 Å². The first-order valence-corrected chi connectivity index (χ1v) is 9.11. The number of imidazole rings is 1. The van der Waals surface area contributed by atoms with E-state index in [1.165, 1.54) is 12.1 Å². The van der Waals surface area contributed by atoms with Gasteiger partial charge in [-0.2, -0.15) is 5.26 Å². The number of hydrogen-bond donors (Lipinski definition) is 1. The molecular weight excluding hydrogens is 367 g/mol. The van der Waals surface area contributed by atoms with Gasteiger partial charge in [-0.1, -0.05) is 6.07 Å². The van der Waals surface area contributed by atoms with Gasteiger partial charge in [-0.15, -0.1) is 0 Å². The van der Waals surface area contributed by atoms with E-state index in [9.17, 15) is 9.65 Å². The summed E-state index contributed by atoms with van der Waals surface area (Å²) in [6.07, 6.45) is 1.80. The number of nitrogens with one attached hydrogen (secondary N) is 1. The number of rotatable bonds is 4. The van der Waals surface area contributed by atoms with Gasteiger partial charge in [0.25, 0.3) is 0 Å². The van der Waals surface area contributed by atoms with Crippen molar-refractivity contribution in [2.75, 3.05) is 7.11 Å². The number of halogens is 1. The van der Waals surface area contributed by atoms with E-state index in [0.717, 1.165) is 28.4 Å². The molecule has 0 saturated carbocycles. The van der Waals surface area contributed by atoms with Gasteiger partial charge in [0.05, 0.1) is 23.7 Å². The number of nitrogens with zero attached hydrogens (tertiary/aromatic N) is 3. The average molecular weight is 386 g/mol. The van der Waals surface area contributed by atoms with Crippen molar-refractivity contribution in [1.29, 1.82) is 5.26 Å². The van der Waals surface area contributed by atoms with Gasteiger partial charge < -0.3 is 14.3 Å². The van der Waals surface area contributed by atoms with E-state index in [0.29, 0.717) is 22.4 Å². The molecular formula is C23H19FN4O. The fourth-order valence-electron chi connectivity index (χ4n) is 3.50. The lowest BCUT2D eigenvalue weighted by Crippen LogP contribution is -1.99. The van der Waals surface area contributed by atoms with Crippen LogP contribution in [-0.4, -0.2) is 21.6 Å². The third-order valence-electron chi connectivity index (χ3n) is 4.90. The monoisotopic (exact) mass is 386 g/mol. The number of benzene rings is 2. The lowest BCUT2D eigenvalue weighted by atomic mass is 10.1. The van der Waals surface area contributed by atoms with Gasteiger partial charge in [-0.25, -0.2) is 9.37 Å². The Kier molecular flexibility index (Phi) is 4.65. The molecule has 0 spiro atoms. The minimum absolute atomic E-state index is 0.350. The predicted molar refractivity (Wildman–Crippen MR) is 111 cm³/mol. The maximum absolute atomic E-state index is 13.5. The molecule has 2 heterocycles. The molecule has 1 N–H and O–H groups in total. The Morgan fingerprint density at radius 2 is 2.03 bits per heavy atom. The smallest absolute Gasteiger partial charge is 0.149 e. The van der Waals surface area contributed by atoms with Crippen LogP contribution in [0, 0.1) is 31.0 Å². The molecule has 0 fully saturated rings. The number of fused-ring (bicyclic) bond motifs is 1. The molecule has 0 amide bonds. The van der Waals surface area contributed by atoms with Crippen molar-refractivity contribution in [2.45, 2.75) is 13.8 Å². The van der Waals surface area contributed by atoms with E-state index in [1.54, 1.807) is 19.3 Å². The Balaban J connectivity index is 1.79. The number of ether oxygens (including phenoxy) is 1. The third kappa shape index (κ3) is 3.39. The van der Waals surface area contributed by atoms with Crippen LogP contribution in [0.5, 0.6) is 5.75 Å². The van der Waals surface area contributed by atoms with E-state index in [1.807, 2.05) is 44.2 Å². The van der Waals surface area contributed by atoms with Crippen LogP contribution in [0.4, 0.5) is 4.39 Å².